The minimum Gasteiger partial charge on any atom is -0.383 e. The van der Waals surface area contributed by atoms with Gasteiger partial charge in [0.1, 0.15) is 5.82 Å². The highest BCUT2D eigenvalue weighted by Crippen LogP contribution is 2.07. The summed E-state index contributed by atoms with van der Waals surface area (Å²) in [7, 11) is 0. The first kappa shape index (κ1) is 10.1. The molecule has 0 fully saturated rings. The minimum atomic E-state index is 0.575. The molecule has 1 aromatic heterocycles. The molecule has 13 heavy (non-hydrogen) atoms. The number of aryl methyl sites for hydroxylation is 1. The second-order valence-corrected chi connectivity index (χ2v) is 3.46. The molecule has 0 aliphatic heterocycles. The molecule has 0 aliphatic carbocycles. The number of nitrogens with two attached hydrogens (primary N) is 1. The summed E-state index contributed by atoms with van der Waals surface area (Å²) in [4.78, 5) is 4.02. The molecule has 0 unspecified atom stereocenters. The average molecular weight is 239 g/mol. The number of hydrogen-bond donors (Lipinski definition) is 1. The molecule has 0 bridgehead atoms. The molecule has 2 nitrogen and oxygen atoms in total. The van der Waals surface area contributed by atoms with Crippen LogP contribution >= 0.6 is 15.9 Å². The summed E-state index contributed by atoms with van der Waals surface area (Å²) in [6, 6.07) is 1.95. The van der Waals surface area contributed by atoms with Crippen LogP contribution in [0.5, 0.6) is 0 Å². The number of rotatable bonds is 1. The second-order valence-electron chi connectivity index (χ2n) is 2.67. The van der Waals surface area contributed by atoms with Gasteiger partial charge >= 0.3 is 0 Å². The van der Waals surface area contributed by atoms with E-state index in [1.165, 1.54) is 0 Å². The number of halogens is 1. The zero-order chi connectivity index (χ0) is 9.68. The van der Waals surface area contributed by atoms with Crippen molar-refractivity contribution in [1.82, 2.24) is 4.98 Å². The van der Waals surface area contributed by atoms with Gasteiger partial charge in [0.25, 0.3) is 0 Å². The van der Waals surface area contributed by atoms with Gasteiger partial charge in [0.15, 0.2) is 0 Å². The summed E-state index contributed by atoms with van der Waals surface area (Å²) in [5, 5.41) is 0.904. The topological polar surface area (TPSA) is 38.9 Å². The van der Waals surface area contributed by atoms with Crippen molar-refractivity contribution in [2.24, 2.45) is 0 Å². The highest BCUT2D eigenvalue weighted by Gasteiger charge is 1.94. The van der Waals surface area contributed by atoms with E-state index in [0.717, 1.165) is 22.9 Å². The van der Waals surface area contributed by atoms with E-state index in [1.807, 2.05) is 13.0 Å². The van der Waals surface area contributed by atoms with Gasteiger partial charge in [-0.3, -0.25) is 0 Å². The molecule has 1 aromatic rings. The van der Waals surface area contributed by atoms with Gasteiger partial charge in [-0.1, -0.05) is 27.8 Å². The molecular formula is C10H11BrN2. The molecule has 0 spiro atoms. The van der Waals surface area contributed by atoms with E-state index >= 15 is 0 Å². The van der Waals surface area contributed by atoms with Crippen molar-refractivity contribution in [3.63, 3.8) is 0 Å². The third-order valence-electron chi connectivity index (χ3n) is 1.57. The number of anilines is 1. The molecule has 0 saturated carbocycles. The Morgan fingerprint density at radius 2 is 2.38 bits per heavy atom. The maximum Gasteiger partial charge on any atom is 0.126 e. The first-order valence-corrected chi connectivity index (χ1v) is 5.13. The lowest BCUT2D eigenvalue weighted by Crippen LogP contribution is -1.93. The minimum absolute atomic E-state index is 0.575. The van der Waals surface area contributed by atoms with Crippen LogP contribution in [0.2, 0.25) is 0 Å². The maximum atomic E-state index is 5.58. The van der Waals surface area contributed by atoms with Crippen LogP contribution in [0, 0.1) is 18.8 Å². The van der Waals surface area contributed by atoms with Gasteiger partial charge < -0.3 is 5.73 Å². The van der Waals surface area contributed by atoms with Crippen molar-refractivity contribution in [3.8, 4) is 11.8 Å². The molecule has 0 saturated heterocycles. The van der Waals surface area contributed by atoms with Crippen molar-refractivity contribution in [2.45, 2.75) is 13.3 Å². The molecule has 3 heteroatoms. The van der Waals surface area contributed by atoms with Crippen LogP contribution < -0.4 is 5.73 Å². The lowest BCUT2D eigenvalue weighted by Gasteiger charge is -1.97. The fourth-order valence-electron chi connectivity index (χ4n) is 0.866. The Hall–Kier alpha value is -1.01. The number of hydrogen-bond acceptors (Lipinski definition) is 2. The van der Waals surface area contributed by atoms with Gasteiger partial charge in [0.2, 0.25) is 0 Å². The fraction of sp³-hybridized carbons (Fsp3) is 0.300. The van der Waals surface area contributed by atoms with Crippen molar-refractivity contribution < 1.29 is 0 Å². The summed E-state index contributed by atoms with van der Waals surface area (Å²) in [5.74, 6) is 6.61. The van der Waals surface area contributed by atoms with E-state index in [1.54, 1.807) is 6.20 Å². The SMILES string of the molecule is Cc1cc(C#CCCBr)cnc1N. The van der Waals surface area contributed by atoms with Crippen molar-refractivity contribution in [1.29, 1.82) is 0 Å². The first-order chi connectivity index (χ1) is 6.24. The van der Waals surface area contributed by atoms with Gasteiger partial charge in [-0.15, -0.1) is 0 Å². The summed E-state index contributed by atoms with van der Waals surface area (Å²) in [6.07, 6.45) is 2.55. The van der Waals surface area contributed by atoms with Crippen LogP contribution in [-0.4, -0.2) is 10.3 Å². The van der Waals surface area contributed by atoms with Crippen LogP contribution in [-0.2, 0) is 0 Å². The maximum absolute atomic E-state index is 5.58. The van der Waals surface area contributed by atoms with Gasteiger partial charge in [-0.05, 0) is 18.6 Å². The summed E-state index contributed by atoms with van der Waals surface area (Å²) in [6.45, 7) is 1.93. The number of nitrogens with zero attached hydrogens (tertiary/aromatic N) is 1. The Kier molecular flexibility index (Phi) is 3.78. The summed E-state index contributed by atoms with van der Waals surface area (Å²) < 4.78 is 0. The Morgan fingerprint density at radius 1 is 1.62 bits per heavy atom. The predicted molar refractivity (Wildman–Crippen MR) is 58.7 cm³/mol. The van der Waals surface area contributed by atoms with Crippen molar-refractivity contribution in [3.05, 3.63) is 23.4 Å². The molecule has 0 aromatic carbocycles. The van der Waals surface area contributed by atoms with Crippen molar-refractivity contribution >= 4 is 21.7 Å². The third kappa shape index (κ3) is 3.08. The zero-order valence-electron chi connectivity index (χ0n) is 7.47. The van der Waals surface area contributed by atoms with Crippen LogP contribution in [0.1, 0.15) is 17.5 Å². The normalized spacial score (nSPS) is 9.08. The number of nitrogen functional groups attached to an aromatic ring is 1. The molecule has 1 rings (SSSR count). The van der Waals surface area contributed by atoms with E-state index in [9.17, 15) is 0 Å². The smallest absolute Gasteiger partial charge is 0.126 e. The summed E-state index contributed by atoms with van der Waals surface area (Å²) in [5.41, 5.74) is 7.48. The Labute approximate surface area is 86.7 Å². The van der Waals surface area contributed by atoms with Gasteiger partial charge in [-0.25, -0.2) is 4.98 Å². The number of alkyl halides is 1. The van der Waals surface area contributed by atoms with E-state index in [-0.39, 0.29) is 0 Å². The zero-order valence-corrected chi connectivity index (χ0v) is 9.06. The molecule has 2 N–H and O–H groups in total. The molecule has 0 aliphatic rings. The Balaban J connectivity index is 2.81. The fourth-order valence-corrected chi connectivity index (χ4v) is 1.06. The lowest BCUT2D eigenvalue weighted by molar-refractivity contribution is 1.26. The molecule has 0 atom stereocenters. The van der Waals surface area contributed by atoms with E-state index < -0.39 is 0 Å². The lowest BCUT2D eigenvalue weighted by atomic mass is 10.2. The highest BCUT2D eigenvalue weighted by atomic mass is 79.9. The average Bonchev–Trinajstić information content (AvgIpc) is 2.12. The Bertz CT molecular complexity index is 350. The van der Waals surface area contributed by atoms with Gasteiger partial charge in [-0.2, -0.15) is 0 Å². The van der Waals surface area contributed by atoms with E-state index in [2.05, 4.69) is 32.8 Å². The highest BCUT2D eigenvalue weighted by molar-refractivity contribution is 9.09. The van der Waals surface area contributed by atoms with Gasteiger partial charge in [0.05, 0.1) is 0 Å². The second kappa shape index (κ2) is 4.88. The van der Waals surface area contributed by atoms with E-state index in [4.69, 9.17) is 5.73 Å². The molecular weight excluding hydrogens is 228 g/mol. The first-order valence-electron chi connectivity index (χ1n) is 4.01. The molecule has 0 radical (unpaired) electrons. The van der Waals surface area contributed by atoms with Crippen LogP contribution in [0.3, 0.4) is 0 Å². The van der Waals surface area contributed by atoms with Crippen molar-refractivity contribution in [2.75, 3.05) is 11.1 Å². The van der Waals surface area contributed by atoms with E-state index in [0.29, 0.717) is 5.82 Å². The monoisotopic (exact) mass is 238 g/mol. The number of pyridine rings is 1. The molecule has 0 amide bonds. The van der Waals surface area contributed by atoms with Crippen LogP contribution in [0.25, 0.3) is 0 Å². The predicted octanol–water partition coefficient (Wildman–Crippen LogP) is 2.11. The number of aromatic nitrogens is 1. The third-order valence-corrected chi connectivity index (χ3v) is 1.97. The molecule has 1 heterocycles. The van der Waals surface area contributed by atoms with Crippen LogP contribution in [0.4, 0.5) is 5.82 Å². The van der Waals surface area contributed by atoms with Crippen LogP contribution in [0.15, 0.2) is 12.3 Å². The summed E-state index contributed by atoms with van der Waals surface area (Å²) >= 11 is 3.31. The standard InChI is InChI=1S/C10H11BrN2/c1-8-6-9(4-2-3-5-11)7-13-10(8)12/h6-7H,3,5H2,1H3,(H2,12,13). The quantitative estimate of drug-likeness (QED) is 0.602. The van der Waals surface area contributed by atoms with Gasteiger partial charge in [0, 0.05) is 23.5 Å². The Morgan fingerprint density at radius 3 is 3.00 bits per heavy atom. The molecule has 68 valence electrons. The largest absolute Gasteiger partial charge is 0.383 e.